The van der Waals surface area contributed by atoms with Crippen molar-refractivity contribution in [3.05, 3.63) is 71.3 Å². The van der Waals surface area contributed by atoms with Gasteiger partial charge in [0.05, 0.1) is 17.4 Å². The van der Waals surface area contributed by atoms with Crippen molar-refractivity contribution in [3.63, 3.8) is 0 Å². The summed E-state index contributed by atoms with van der Waals surface area (Å²) >= 11 is 0. The van der Waals surface area contributed by atoms with E-state index in [-0.39, 0.29) is 5.56 Å². The first-order valence-corrected chi connectivity index (χ1v) is 11.0. The third-order valence-corrected chi connectivity index (χ3v) is 4.85. The lowest BCUT2D eigenvalue weighted by molar-refractivity contribution is -0.183. The van der Waals surface area contributed by atoms with Gasteiger partial charge < -0.3 is 14.2 Å². The van der Waals surface area contributed by atoms with E-state index in [9.17, 15) is 35.6 Å². The van der Waals surface area contributed by atoms with Gasteiger partial charge in [0.2, 0.25) is 12.4 Å². The molecule has 0 N–H and O–H groups in total. The van der Waals surface area contributed by atoms with Crippen LogP contribution in [0.15, 0.2) is 48.5 Å². The Labute approximate surface area is 185 Å². The molecule has 13 heteroatoms. The average Bonchev–Trinajstić information content (AvgIpc) is 2.94. The van der Waals surface area contributed by atoms with Gasteiger partial charge in [-0.05, 0) is 36.4 Å². The number of carbonyl (C=O) groups is 2. The van der Waals surface area contributed by atoms with Crippen LogP contribution >= 0.6 is 0 Å². The van der Waals surface area contributed by atoms with E-state index in [2.05, 4.69) is 4.18 Å². The highest BCUT2D eigenvalue weighted by atomic mass is 32.2. The third kappa shape index (κ3) is 6.06. The zero-order valence-electron chi connectivity index (χ0n) is 16.7. The molecule has 3 atom stereocenters. The molecule has 8 nitrogen and oxygen atoms in total. The quantitative estimate of drug-likeness (QED) is 0.330. The van der Waals surface area contributed by atoms with Gasteiger partial charge >= 0.3 is 17.9 Å². The Hall–Kier alpha value is -3.03. The second-order valence-corrected chi connectivity index (χ2v) is 8.53. The van der Waals surface area contributed by atoms with Gasteiger partial charge in [0.15, 0.2) is 0 Å². The molecule has 0 aromatic heterocycles. The highest BCUT2D eigenvalue weighted by Gasteiger charge is 2.63. The van der Waals surface area contributed by atoms with E-state index in [4.69, 9.17) is 14.2 Å². The molecule has 0 saturated carbocycles. The summed E-state index contributed by atoms with van der Waals surface area (Å²) in [5.41, 5.74) is -0.647. The van der Waals surface area contributed by atoms with E-state index in [0.717, 1.165) is 36.4 Å². The Morgan fingerprint density at radius 2 is 1.55 bits per heavy atom. The number of hydrogen-bond acceptors (Lipinski definition) is 8. The van der Waals surface area contributed by atoms with Crippen molar-refractivity contribution < 1.29 is 54.0 Å². The van der Waals surface area contributed by atoms with Crippen LogP contribution in [0.3, 0.4) is 0 Å². The fourth-order valence-electron chi connectivity index (χ4n) is 2.88. The van der Waals surface area contributed by atoms with Gasteiger partial charge in [-0.2, -0.15) is 17.2 Å². The Balaban J connectivity index is 1.81. The van der Waals surface area contributed by atoms with Gasteiger partial charge in [0.25, 0.3) is 10.1 Å². The minimum absolute atomic E-state index is 0.239. The zero-order chi connectivity index (χ0) is 24.4. The monoisotopic (exact) mass is 492 g/mol. The fraction of sp³-hybridized carbons (Fsp3) is 0.300. The van der Waals surface area contributed by atoms with Gasteiger partial charge in [-0.3, -0.25) is 0 Å². The molecule has 1 unspecified atom stereocenters. The lowest BCUT2D eigenvalue weighted by Gasteiger charge is -2.23. The first kappa shape index (κ1) is 24.6. The lowest BCUT2D eigenvalue weighted by Crippen LogP contribution is -2.45. The van der Waals surface area contributed by atoms with Crippen LogP contribution in [0.5, 0.6) is 0 Å². The Kier molecular flexibility index (Phi) is 7.05. The molecular formula is C20H16F4O8S. The van der Waals surface area contributed by atoms with Crippen molar-refractivity contribution in [2.24, 2.45) is 0 Å². The number of ether oxygens (including phenoxy) is 3. The number of halogens is 4. The average molecular weight is 492 g/mol. The third-order valence-electron chi connectivity index (χ3n) is 4.33. The summed E-state index contributed by atoms with van der Waals surface area (Å²) in [7, 11) is -4.44. The summed E-state index contributed by atoms with van der Waals surface area (Å²) in [6.45, 7) is -0.935. The molecule has 0 bridgehead atoms. The molecule has 0 radical (unpaired) electrons. The first-order valence-electron chi connectivity index (χ1n) is 9.17. The molecule has 33 heavy (non-hydrogen) atoms. The number of carbonyl (C=O) groups excluding carboxylic acids is 2. The number of esters is 2. The molecule has 0 amide bonds. The molecule has 2 aromatic rings. The number of benzene rings is 2. The maximum absolute atomic E-state index is 14.9. The highest BCUT2D eigenvalue weighted by molar-refractivity contribution is 7.86. The minimum Gasteiger partial charge on any atom is -0.459 e. The van der Waals surface area contributed by atoms with Crippen LogP contribution in [-0.4, -0.2) is 57.6 Å². The topological polar surface area (TPSA) is 105 Å². The van der Waals surface area contributed by atoms with Crippen molar-refractivity contribution in [2.75, 3.05) is 12.9 Å². The Bertz CT molecular complexity index is 1150. The number of rotatable bonds is 7. The molecule has 1 aliphatic rings. The predicted molar refractivity (Wildman–Crippen MR) is 102 cm³/mol. The molecule has 1 aliphatic heterocycles. The van der Waals surface area contributed by atoms with Crippen LogP contribution in [-0.2, 0) is 28.5 Å². The number of hydrogen-bond donors (Lipinski definition) is 0. The molecule has 1 heterocycles. The van der Waals surface area contributed by atoms with E-state index in [1.807, 2.05) is 0 Å². The van der Waals surface area contributed by atoms with Crippen molar-refractivity contribution >= 4 is 22.1 Å². The Morgan fingerprint density at radius 1 is 1.00 bits per heavy atom. The molecule has 1 fully saturated rings. The van der Waals surface area contributed by atoms with Crippen molar-refractivity contribution in [1.82, 2.24) is 0 Å². The summed E-state index contributed by atoms with van der Waals surface area (Å²) < 4.78 is 97.8. The largest absolute Gasteiger partial charge is 0.459 e. The molecule has 0 aliphatic carbocycles. The van der Waals surface area contributed by atoms with Crippen molar-refractivity contribution in [1.29, 1.82) is 0 Å². The number of alkyl halides is 2. The first-order chi connectivity index (χ1) is 15.4. The maximum Gasteiger partial charge on any atom is 0.338 e. The van der Waals surface area contributed by atoms with E-state index in [1.54, 1.807) is 0 Å². The zero-order valence-corrected chi connectivity index (χ0v) is 17.6. The smallest absolute Gasteiger partial charge is 0.338 e. The molecule has 1 saturated heterocycles. The standard InChI is InChI=1S/C20H16F4O8S/c1-33(27,28)32-19-20(23,24)16(31-18(26)12-5-3-7-14(22)9-12)15(30-19)10-29-17(25)11-4-2-6-13(21)8-11/h2-9,15-16,19H,10H2,1H3/t15-,16-,19?/m1/s1. The van der Waals surface area contributed by atoms with Crippen molar-refractivity contribution in [3.8, 4) is 0 Å². The summed E-state index contributed by atoms with van der Waals surface area (Å²) in [5.74, 6) is -8.27. The van der Waals surface area contributed by atoms with E-state index < -0.39 is 70.3 Å². The summed E-state index contributed by atoms with van der Waals surface area (Å²) in [4.78, 5) is 24.4. The van der Waals surface area contributed by atoms with Crippen molar-refractivity contribution in [2.45, 2.75) is 24.4 Å². The normalized spacial score (nSPS) is 22.0. The van der Waals surface area contributed by atoms with Crippen LogP contribution < -0.4 is 0 Å². The minimum atomic E-state index is -4.44. The van der Waals surface area contributed by atoms with Crippen LogP contribution in [0.4, 0.5) is 17.6 Å². The van der Waals surface area contributed by atoms with Gasteiger partial charge in [-0.25, -0.2) is 22.6 Å². The molecule has 178 valence electrons. The molecule has 0 spiro atoms. The maximum atomic E-state index is 14.9. The Morgan fingerprint density at radius 3 is 2.06 bits per heavy atom. The highest BCUT2D eigenvalue weighted by Crippen LogP contribution is 2.40. The molecule has 3 rings (SSSR count). The van der Waals surface area contributed by atoms with E-state index in [0.29, 0.717) is 6.26 Å². The van der Waals surface area contributed by atoms with E-state index >= 15 is 0 Å². The van der Waals surface area contributed by atoms with Crippen LogP contribution in [0.25, 0.3) is 0 Å². The fourth-order valence-corrected chi connectivity index (χ4v) is 3.38. The van der Waals surface area contributed by atoms with Gasteiger partial charge in [0, 0.05) is 0 Å². The molecular weight excluding hydrogens is 476 g/mol. The predicted octanol–water partition coefficient (Wildman–Crippen LogP) is 2.68. The van der Waals surface area contributed by atoms with Crippen LogP contribution in [0.1, 0.15) is 20.7 Å². The summed E-state index contributed by atoms with van der Waals surface area (Å²) in [5, 5.41) is 0. The summed E-state index contributed by atoms with van der Waals surface area (Å²) in [6.07, 6.45) is -6.55. The second kappa shape index (κ2) is 9.45. The van der Waals surface area contributed by atoms with E-state index in [1.165, 1.54) is 12.1 Å². The second-order valence-electron chi connectivity index (χ2n) is 6.93. The molecule has 2 aromatic carbocycles. The van der Waals surface area contributed by atoms with Crippen LogP contribution in [0.2, 0.25) is 0 Å². The SMILES string of the molecule is CS(=O)(=O)OC1O[C@H](COC(=O)c2cccc(F)c2)[C@@H](OC(=O)c2cccc(F)c2)C1(F)F. The summed E-state index contributed by atoms with van der Waals surface area (Å²) in [6, 6.07) is 8.30. The van der Waals surface area contributed by atoms with Gasteiger partial charge in [0.1, 0.15) is 24.3 Å². The van der Waals surface area contributed by atoms with Gasteiger partial charge in [-0.1, -0.05) is 12.1 Å². The van der Waals surface area contributed by atoms with Gasteiger partial charge in [-0.15, -0.1) is 0 Å². The van der Waals surface area contributed by atoms with Crippen LogP contribution in [0, 0.1) is 11.6 Å². The lowest BCUT2D eigenvalue weighted by atomic mass is 10.1.